The molecule has 0 spiro atoms. The average molecular weight is 284 g/mol. The van der Waals surface area contributed by atoms with Gasteiger partial charge in [-0.1, -0.05) is 18.5 Å². The van der Waals surface area contributed by atoms with Crippen LogP contribution in [-0.4, -0.2) is 38.3 Å². The van der Waals surface area contributed by atoms with Crippen molar-refractivity contribution in [2.75, 3.05) is 20.8 Å². The summed E-state index contributed by atoms with van der Waals surface area (Å²) in [4.78, 5) is 0. The van der Waals surface area contributed by atoms with Gasteiger partial charge >= 0.3 is 0 Å². The Kier molecular flexibility index (Phi) is 9.28. The van der Waals surface area contributed by atoms with E-state index in [2.05, 4.69) is 0 Å². The normalized spacial score (nSPS) is 19.8. The van der Waals surface area contributed by atoms with Crippen LogP contribution in [0.2, 0.25) is 0 Å². The molecule has 102 valence electrons. The van der Waals surface area contributed by atoms with E-state index in [4.69, 9.17) is 38.4 Å². The SMILES string of the molecule is COC(CCN)/C(=C\Cl)C(OC)[C@@H](C)[C@H](C)Cl. The number of ether oxygens (including phenoxy) is 2. The number of halogens is 2. The predicted molar refractivity (Wildman–Crippen MR) is 73.7 cm³/mol. The predicted octanol–water partition coefficient (Wildman–Crippen LogP) is 2.75. The lowest BCUT2D eigenvalue weighted by Crippen LogP contribution is -2.34. The van der Waals surface area contributed by atoms with Gasteiger partial charge in [-0.25, -0.2) is 0 Å². The maximum absolute atomic E-state index is 6.11. The summed E-state index contributed by atoms with van der Waals surface area (Å²) in [5.74, 6) is 0.141. The van der Waals surface area contributed by atoms with Crippen LogP contribution >= 0.6 is 23.2 Å². The fraction of sp³-hybridized carbons (Fsp3) is 0.833. The van der Waals surface area contributed by atoms with E-state index in [-0.39, 0.29) is 23.5 Å². The van der Waals surface area contributed by atoms with Crippen molar-refractivity contribution in [2.45, 2.75) is 37.9 Å². The first-order chi connectivity index (χ1) is 8.03. The Morgan fingerprint density at radius 2 is 1.88 bits per heavy atom. The molecule has 0 radical (unpaired) electrons. The number of rotatable bonds is 8. The van der Waals surface area contributed by atoms with Crippen LogP contribution in [0.25, 0.3) is 0 Å². The van der Waals surface area contributed by atoms with Gasteiger partial charge in [0.05, 0.1) is 12.2 Å². The summed E-state index contributed by atoms with van der Waals surface area (Å²) < 4.78 is 10.9. The molecule has 3 nitrogen and oxygen atoms in total. The zero-order valence-corrected chi connectivity index (χ0v) is 12.5. The van der Waals surface area contributed by atoms with Gasteiger partial charge in [-0.2, -0.15) is 0 Å². The van der Waals surface area contributed by atoms with E-state index in [0.29, 0.717) is 13.0 Å². The van der Waals surface area contributed by atoms with Gasteiger partial charge in [0.2, 0.25) is 0 Å². The first-order valence-electron chi connectivity index (χ1n) is 5.73. The highest BCUT2D eigenvalue weighted by atomic mass is 35.5. The van der Waals surface area contributed by atoms with Crippen LogP contribution in [0.3, 0.4) is 0 Å². The Morgan fingerprint density at radius 3 is 2.18 bits per heavy atom. The first-order valence-corrected chi connectivity index (χ1v) is 6.60. The number of nitrogens with two attached hydrogens (primary N) is 1. The molecule has 2 N–H and O–H groups in total. The van der Waals surface area contributed by atoms with E-state index in [9.17, 15) is 0 Å². The van der Waals surface area contributed by atoms with Gasteiger partial charge in [-0.3, -0.25) is 0 Å². The molecule has 0 aromatic rings. The monoisotopic (exact) mass is 283 g/mol. The molecule has 0 saturated heterocycles. The summed E-state index contributed by atoms with van der Waals surface area (Å²) in [7, 11) is 3.29. The van der Waals surface area contributed by atoms with Gasteiger partial charge in [0.25, 0.3) is 0 Å². The largest absolute Gasteiger partial charge is 0.377 e. The maximum atomic E-state index is 6.11. The lowest BCUT2D eigenvalue weighted by molar-refractivity contribution is 0.0461. The highest BCUT2D eigenvalue weighted by Gasteiger charge is 2.29. The molecule has 0 aliphatic rings. The topological polar surface area (TPSA) is 44.5 Å². The number of hydrogen-bond donors (Lipinski definition) is 1. The quantitative estimate of drug-likeness (QED) is 0.697. The number of alkyl halides is 1. The third kappa shape index (κ3) is 5.14. The molecule has 4 atom stereocenters. The van der Waals surface area contributed by atoms with Crippen molar-refractivity contribution in [1.29, 1.82) is 0 Å². The van der Waals surface area contributed by atoms with Gasteiger partial charge in [0.1, 0.15) is 0 Å². The molecule has 0 bridgehead atoms. The Balaban J connectivity index is 4.92. The zero-order valence-electron chi connectivity index (χ0n) is 11.0. The third-order valence-electron chi connectivity index (χ3n) is 3.00. The van der Waals surface area contributed by atoms with Crippen molar-refractivity contribution in [3.8, 4) is 0 Å². The molecule has 17 heavy (non-hydrogen) atoms. The minimum atomic E-state index is -0.156. The minimum absolute atomic E-state index is 0.0121. The van der Waals surface area contributed by atoms with Crippen LogP contribution in [0.4, 0.5) is 0 Å². The smallest absolute Gasteiger partial charge is 0.0857 e. The van der Waals surface area contributed by atoms with E-state index in [0.717, 1.165) is 5.57 Å². The van der Waals surface area contributed by atoms with Crippen molar-refractivity contribution < 1.29 is 9.47 Å². The summed E-state index contributed by atoms with van der Waals surface area (Å²) in [6, 6.07) is 0. The molecule has 0 fully saturated rings. The molecule has 0 saturated carbocycles. The molecule has 0 aromatic carbocycles. The lowest BCUT2D eigenvalue weighted by Gasteiger charge is -2.30. The number of hydrogen-bond acceptors (Lipinski definition) is 3. The third-order valence-corrected chi connectivity index (χ3v) is 3.65. The fourth-order valence-electron chi connectivity index (χ4n) is 1.78. The van der Waals surface area contributed by atoms with Gasteiger partial charge in [-0.05, 0) is 25.5 Å². The Morgan fingerprint density at radius 1 is 1.29 bits per heavy atom. The zero-order chi connectivity index (χ0) is 13.4. The summed E-state index contributed by atoms with van der Waals surface area (Å²) in [5.41, 5.74) is 7.97. The highest BCUT2D eigenvalue weighted by molar-refractivity contribution is 6.25. The average Bonchev–Trinajstić information content (AvgIpc) is 2.32. The van der Waals surface area contributed by atoms with E-state index < -0.39 is 0 Å². The summed E-state index contributed by atoms with van der Waals surface area (Å²) in [6.45, 7) is 4.50. The summed E-state index contributed by atoms with van der Waals surface area (Å²) in [5, 5.41) is -0.0121. The van der Waals surface area contributed by atoms with Crippen molar-refractivity contribution in [3.05, 3.63) is 11.1 Å². The van der Waals surface area contributed by atoms with Crippen molar-refractivity contribution in [2.24, 2.45) is 11.7 Å². The number of methoxy groups -OCH3 is 2. The van der Waals surface area contributed by atoms with Crippen LogP contribution in [0, 0.1) is 5.92 Å². The van der Waals surface area contributed by atoms with Crippen LogP contribution in [-0.2, 0) is 9.47 Å². The molecule has 0 aliphatic heterocycles. The molecule has 2 unspecified atom stereocenters. The van der Waals surface area contributed by atoms with Crippen molar-refractivity contribution in [3.63, 3.8) is 0 Å². The van der Waals surface area contributed by atoms with Gasteiger partial charge in [0.15, 0.2) is 0 Å². The van der Waals surface area contributed by atoms with Gasteiger partial charge in [-0.15, -0.1) is 11.6 Å². The molecule has 0 rings (SSSR count). The van der Waals surface area contributed by atoms with Crippen molar-refractivity contribution >= 4 is 23.2 Å². The van der Waals surface area contributed by atoms with E-state index >= 15 is 0 Å². The van der Waals surface area contributed by atoms with Gasteiger partial charge < -0.3 is 15.2 Å². The second kappa shape index (κ2) is 9.17. The molecule has 5 heteroatoms. The summed E-state index contributed by atoms with van der Waals surface area (Å²) in [6.07, 6.45) is 0.426. The lowest BCUT2D eigenvalue weighted by atomic mass is 9.91. The minimum Gasteiger partial charge on any atom is -0.377 e. The maximum Gasteiger partial charge on any atom is 0.0857 e. The molecular weight excluding hydrogens is 261 g/mol. The van der Waals surface area contributed by atoms with Gasteiger partial charge in [0, 0.05) is 31.0 Å². The van der Waals surface area contributed by atoms with E-state index in [1.165, 1.54) is 5.54 Å². The van der Waals surface area contributed by atoms with Crippen LogP contribution < -0.4 is 5.73 Å². The fourth-order valence-corrected chi connectivity index (χ4v) is 2.18. The molecular formula is C12H23Cl2NO2. The van der Waals surface area contributed by atoms with E-state index in [1.807, 2.05) is 13.8 Å². The standard InChI is InChI=1S/C12H23Cl2NO2/c1-8(9(2)14)12(17-4)10(7-13)11(16-3)5-6-15/h7-9,11-12H,5-6,15H2,1-4H3/b10-7+/t8-,9-,11?,12?/m0/s1. The Labute approximate surface area is 114 Å². The Bertz CT molecular complexity index is 235. The molecule has 0 aliphatic carbocycles. The molecule has 0 heterocycles. The molecule has 0 aromatic heterocycles. The van der Waals surface area contributed by atoms with E-state index in [1.54, 1.807) is 14.2 Å². The summed E-state index contributed by atoms with van der Waals surface area (Å²) >= 11 is 12.0. The van der Waals surface area contributed by atoms with Crippen LogP contribution in [0.1, 0.15) is 20.3 Å². The van der Waals surface area contributed by atoms with Crippen LogP contribution in [0.5, 0.6) is 0 Å². The Hall–Kier alpha value is 0.200. The highest BCUT2D eigenvalue weighted by Crippen LogP contribution is 2.27. The van der Waals surface area contributed by atoms with Crippen LogP contribution in [0.15, 0.2) is 11.1 Å². The first kappa shape index (κ1) is 17.2. The van der Waals surface area contributed by atoms with Crippen molar-refractivity contribution in [1.82, 2.24) is 0 Å². The second-order valence-corrected chi connectivity index (χ2v) is 5.01. The second-order valence-electron chi connectivity index (χ2n) is 4.10. The molecule has 0 amide bonds.